The van der Waals surface area contributed by atoms with E-state index < -0.39 is 20.5 Å². The van der Waals surface area contributed by atoms with Crippen LogP contribution in [-0.4, -0.2) is 54.9 Å². The molecule has 0 bridgehead atoms. The van der Waals surface area contributed by atoms with Crippen LogP contribution in [0.15, 0.2) is 60.7 Å². The molecule has 5 atom stereocenters. The molecule has 4 rings (SSSR count). The third-order valence-corrected chi connectivity index (χ3v) is 12.6. The smallest absolute Gasteiger partial charge is 0.411 e. The fraction of sp³-hybridized carbons (Fsp3) is 0.500. The van der Waals surface area contributed by atoms with Gasteiger partial charge in [0.1, 0.15) is 12.6 Å². The summed E-state index contributed by atoms with van der Waals surface area (Å²) in [5.41, 5.74) is 2.03. The number of hydrogen-bond donors (Lipinski definition) is 0. The molecular formula is C28H38N2O4Si. The van der Waals surface area contributed by atoms with Crippen molar-refractivity contribution in [2.75, 3.05) is 6.61 Å². The van der Waals surface area contributed by atoms with Crippen molar-refractivity contribution in [2.45, 2.75) is 83.0 Å². The van der Waals surface area contributed by atoms with Crippen molar-refractivity contribution in [3.63, 3.8) is 0 Å². The number of benzene rings is 2. The lowest BCUT2D eigenvalue weighted by atomic mass is 9.85. The molecule has 0 aromatic heterocycles. The number of cyclic esters (lactones) is 1. The van der Waals surface area contributed by atoms with E-state index in [9.17, 15) is 9.59 Å². The summed E-state index contributed by atoms with van der Waals surface area (Å²) >= 11 is 0. The maximum Gasteiger partial charge on any atom is 0.411 e. The zero-order chi connectivity index (χ0) is 25.5. The van der Waals surface area contributed by atoms with Crippen LogP contribution in [0.2, 0.25) is 18.1 Å². The van der Waals surface area contributed by atoms with Gasteiger partial charge in [-0.15, -0.1) is 0 Å². The number of hydrogen-bond acceptors (Lipinski definition) is 4. The van der Waals surface area contributed by atoms with Crippen LogP contribution in [0.3, 0.4) is 0 Å². The van der Waals surface area contributed by atoms with Crippen molar-refractivity contribution in [1.82, 2.24) is 9.80 Å². The lowest BCUT2D eigenvalue weighted by molar-refractivity contribution is -0.170. The van der Waals surface area contributed by atoms with Gasteiger partial charge < -0.3 is 14.1 Å². The lowest BCUT2D eigenvalue weighted by Crippen LogP contribution is -2.75. The van der Waals surface area contributed by atoms with Gasteiger partial charge >= 0.3 is 6.09 Å². The minimum atomic E-state index is -2.12. The van der Waals surface area contributed by atoms with Crippen LogP contribution < -0.4 is 0 Å². The van der Waals surface area contributed by atoms with Gasteiger partial charge in [-0.25, -0.2) is 4.79 Å². The molecule has 35 heavy (non-hydrogen) atoms. The monoisotopic (exact) mass is 494 g/mol. The molecule has 0 N–H and O–H groups in total. The van der Waals surface area contributed by atoms with E-state index in [0.717, 1.165) is 11.1 Å². The second-order valence-electron chi connectivity index (χ2n) is 11.3. The molecule has 2 saturated heterocycles. The first-order chi connectivity index (χ1) is 16.4. The Morgan fingerprint density at radius 1 is 0.971 bits per heavy atom. The van der Waals surface area contributed by atoms with Crippen LogP contribution in [0.25, 0.3) is 0 Å². The summed E-state index contributed by atoms with van der Waals surface area (Å²) in [6.07, 6.45) is -0.677. The average molecular weight is 495 g/mol. The highest BCUT2D eigenvalue weighted by atomic mass is 28.4. The second-order valence-corrected chi connectivity index (χ2v) is 16.0. The molecule has 2 amide bonds. The van der Waals surface area contributed by atoms with Crippen molar-refractivity contribution >= 4 is 20.3 Å². The molecule has 0 saturated carbocycles. The first-order valence-corrected chi connectivity index (χ1v) is 15.4. The van der Waals surface area contributed by atoms with Crippen LogP contribution in [0.1, 0.15) is 57.8 Å². The Labute approximate surface area is 210 Å². The van der Waals surface area contributed by atoms with Gasteiger partial charge in [-0.1, -0.05) is 81.4 Å². The summed E-state index contributed by atoms with van der Waals surface area (Å²) in [6, 6.07) is 18.5. The number of ether oxygens (including phenoxy) is 1. The van der Waals surface area contributed by atoms with Gasteiger partial charge in [-0.3, -0.25) is 9.69 Å². The zero-order valence-electron chi connectivity index (χ0n) is 21.9. The minimum absolute atomic E-state index is 0.0273. The first-order valence-electron chi connectivity index (χ1n) is 12.5. The maximum atomic E-state index is 13.8. The summed E-state index contributed by atoms with van der Waals surface area (Å²) in [4.78, 5) is 30.4. The van der Waals surface area contributed by atoms with Crippen molar-refractivity contribution in [3.05, 3.63) is 71.8 Å². The van der Waals surface area contributed by atoms with Crippen molar-refractivity contribution in [2.24, 2.45) is 0 Å². The van der Waals surface area contributed by atoms with E-state index in [-0.39, 0.29) is 41.8 Å². The van der Waals surface area contributed by atoms with E-state index in [1.54, 1.807) is 4.90 Å². The molecule has 7 heteroatoms. The molecule has 2 aromatic rings. The number of carbonyl (C=O) groups is 2. The Bertz CT molecular complexity index is 1050. The Kier molecular flexibility index (Phi) is 6.86. The quantitative estimate of drug-likeness (QED) is 0.354. The molecule has 2 fully saturated rings. The molecular weight excluding hydrogens is 456 g/mol. The highest BCUT2D eigenvalue weighted by molar-refractivity contribution is 6.74. The number of likely N-dealkylation sites (tertiary alicyclic amines) is 1. The SMILES string of the molecule is C[C@@H](O[Si](C)(C)C(C)(C)C)[C@@H]1[C@H](N2C(=O)OC[C@@H]2c2ccccc2)C(=O)N1[C@@H](C)c1ccccc1. The topological polar surface area (TPSA) is 59.1 Å². The van der Waals surface area contributed by atoms with Crippen LogP contribution in [0, 0.1) is 0 Å². The van der Waals surface area contributed by atoms with E-state index in [1.165, 1.54) is 0 Å². The normalized spacial score (nSPS) is 24.7. The molecule has 6 nitrogen and oxygen atoms in total. The number of amides is 2. The van der Waals surface area contributed by atoms with E-state index in [4.69, 9.17) is 9.16 Å². The lowest BCUT2D eigenvalue weighted by Gasteiger charge is -2.56. The van der Waals surface area contributed by atoms with E-state index in [1.807, 2.05) is 79.4 Å². The first kappa shape index (κ1) is 25.4. The van der Waals surface area contributed by atoms with E-state index in [0.29, 0.717) is 0 Å². The molecule has 0 spiro atoms. The van der Waals surface area contributed by atoms with E-state index >= 15 is 0 Å². The third kappa shape index (κ3) is 4.64. The molecule has 2 aromatic carbocycles. The van der Waals surface area contributed by atoms with Gasteiger partial charge in [-0.2, -0.15) is 0 Å². The van der Waals surface area contributed by atoms with Gasteiger partial charge in [0.25, 0.3) is 0 Å². The fourth-order valence-corrected chi connectivity index (χ4v) is 6.43. The van der Waals surface area contributed by atoms with Crippen LogP contribution >= 0.6 is 0 Å². The number of β-lactam (4-membered cyclic amide) rings is 1. The summed E-state index contributed by atoms with van der Waals surface area (Å²) in [5.74, 6) is -0.0585. The Balaban J connectivity index is 1.70. The highest BCUT2D eigenvalue weighted by Crippen LogP contribution is 2.44. The van der Waals surface area contributed by atoms with Gasteiger partial charge in [0.2, 0.25) is 5.91 Å². The molecule has 0 radical (unpaired) electrons. The summed E-state index contributed by atoms with van der Waals surface area (Å²) in [5, 5.41) is 0.0273. The largest absolute Gasteiger partial charge is 0.447 e. The van der Waals surface area contributed by atoms with E-state index in [2.05, 4.69) is 33.9 Å². The molecule has 2 aliphatic heterocycles. The van der Waals surface area contributed by atoms with Gasteiger partial charge in [0, 0.05) is 0 Å². The van der Waals surface area contributed by atoms with Crippen molar-refractivity contribution in [3.8, 4) is 0 Å². The summed E-state index contributed by atoms with van der Waals surface area (Å²) in [6.45, 7) is 15.4. The zero-order valence-corrected chi connectivity index (χ0v) is 22.9. The Morgan fingerprint density at radius 3 is 2.11 bits per heavy atom. The standard InChI is InChI=1S/C28H38N2O4Si/c1-19(21-14-10-8-11-15-21)29-24(20(2)34-35(6,7)28(3,4)5)25(26(29)31)30-23(18-33-27(30)32)22-16-12-9-13-17-22/h8-17,19-20,23-25H,18H2,1-7H3/t19-,20+,23+,24+,25-/m0/s1. The third-order valence-electron chi connectivity index (χ3n) is 8.01. The van der Waals surface area contributed by atoms with Crippen molar-refractivity contribution < 1.29 is 18.8 Å². The Hall–Kier alpha value is -2.64. The van der Waals surface area contributed by atoms with Crippen molar-refractivity contribution in [1.29, 1.82) is 0 Å². The molecule has 0 aliphatic carbocycles. The van der Waals surface area contributed by atoms with Gasteiger partial charge in [-0.05, 0) is 43.1 Å². The fourth-order valence-electron chi connectivity index (χ4n) is 5.01. The Morgan fingerprint density at radius 2 is 1.54 bits per heavy atom. The predicted octanol–water partition coefficient (Wildman–Crippen LogP) is 5.93. The molecule has 2 aliphatic rings. The number of nitrogens with zero attached hydrogens (tertiary/aromatic N) is 2. The van der Waals surface area contributed by atoms with Crippen LogP contribution in [0.5, 0.6) is 0 Å². The molecule has 0 unspecified atom stereocenters. The predicted molar refractivity (Wildman–Crippen MR) is 139 cm³/mol. The average Bonchev–Trinajstić information content (AvgIpc) is 3.18. The van der Waals surface area contributed by atoms with Crippen LogP contribution in [-0.2, 0) is 14.0 Å². The number of carbonyl (C=O) groups excluding carboxylic acids is 2. The molecule has 2 heterocycles. The van der Waals surface area contributed by atoms with Gasteiger partial charge in [0.15, 0.2) is 8.32 Å². The number of rotatable bonds is 7. The van der Waals surface area contributed by atoms with Gasteiger partial charge in [0.05, 0.1) is 24.2 Å². The summed E-state index contributed by atoms with van der Waals surface area (Å²) in [7, 11) is -2.12. The minimum Gasteiger partial charge on any atom is -0.447 e. The highest BCUT2D eigenvalue weighted by Gasteiger charge is 2.60. The second kappa shape index (κ2) is 9.43. The molecule has 188 valence electrons. The van der Waals surface area contributed by atoms with Crippen LogP contribution in [0.4, 0.5) is 4.79 Å². The summed E-state index contributed by atoms with van der Waals surface area (Å²) < 4.78 is 12.3. The maximum absolute atomic E-state index is 13.8.